The molecule has 1 heterocycles. The molecule has 1 unspecified atom stereocenters. The highest BCUT2D eigenvalue weighted by Gasteiger charge is 2.21. The summed E-state index contributed by atoms with van der Waals surface area (Å²) in [5, 5.41) is 0. The van der Waals surface area contributed by atoms with Gasteiger partial charge in [0.05, 0.1) is 12.8 Å². The average Bonchev–Trinajstić information content (AvgIpc) is 2.30. The molecule has 90 valence electrons. The van der Waals surface area contributed by atoms with Crippen molar-refractivity contribution in [2.24, 2.45) is 5.92 Å². The molecule has 0 saturated heterocycles. The molecule has 0 aliphatic heterocycles. The SMILES string of the molecule is COC1=C(c2ccc(C)cn2)C(C)CC(C)=C1. The van der Waals surface area contributed by atoms with Crippen molar-refractivity contribution in [1.29, 1.82) is 0 Å². The van der Waals surface area contributed by atoms with Crippen LogP contribution in [0.4, 0.5) is 0 Å². The number of aryl methyl sites for hydroxylation is 1. The normalized spacial score (nSPS) is 20.2. The van der Waals surface area contributed by atoms with Crippen LogP contribution in [0.25, 0.3) is 5.57 Å². The Labute approximate surface area is 103 Å². The molecule has 17 heavy (non-hydrogen) atoms. The summed E-state index contributed by atoms with van der Waals surface area (Å²) >= 11 is 0. The minimum absolute atomic E-state index is 0.463. The Morgan fingerprint density at radius 1 is 1.29 bits per heavy atom. The van der Waals surface area contributed by atoms with Crippen molar-refractivity contribution in [2.45, 2.75) is 27.2 Å². The predicted octanol–water partition coefficient (Wildman–Crippen LogP) is 3.73. The Hall–Kier alpha value is -1.57. The molecule has 0 spiro atoms. The largest absolute Gasteiger partial charge is 0.496 e. The number of nitrogens with zero attached hydrogens (tertiary/aromatic N) is 1. The summed E-state index contributed by atoms with van der Waals surface area (Å²) in [6.45, 7) is 6.43. The lowest BCUT2D eigenvalue weighted by Crippen LogP contribution is -2.10. The summed E-state index contributed by atoms with van der Waals surface area (Å²) in [6, 6.07) is 4.18. The minimum Gasteiger partial charge on any atom is -0.496 e. The van der Waals surface area contributed by atoms with E-state index in [9.17, 15) is 0 Å². The second-order valence-electron chi connectivity index (χ2n) is 4.80. The van der Waals surface area contributed by atoms with Gasteiger partial charge in [-0.15, -0.1) is 0 Å². The van der Waals surface area contributed by atoms with E-state index >= 15 is 0 Å². The lowest BCUT2D eigenvalue weighted by molar-refractivity contribution is 0.303. The van der Waals surface area contributed by atoms with Gasteiger partial charge in [-0.1, -0.05) is 18.6 Å². The highest BCUT2D eigenvalue weighted by molar-refractivity contribution is 5.70. The van der Waals surface area contributed by atoms with E-state index in [1.54, 1.807) is 7.11 Å². The average molecular weight is 229 g/mol. The summed E-state index contributed by atoms with van der Waals surface area (Å²) < 4.78 is 5.49. The third-order valence-electron chi connectivity index (χ3n) is 3.17. The summed E-state index contributed by atoms with van der Waals surface area (Å²) in [4.78, 5) is 4.51. The van der Waals surface area contributed by atoms with Crippen molar-refractivity contribution < 1.29 is 4.74 Å². The first-order chi connectivity index (χ1) is 8.11. The maximum absolute atomic E-state index is 5.49. The van der Waals surface area contributed by atoms with Crippen molar-refractivity contribution in [2.75, 3.05) is 7.11 Å². The molecule has 0 fully saturated rings. The van der Waals surface area contributed by atoms with Gasteiger partial charge in [0.1, 0.15) is 5.76 Å². The number of rotatable bonds is 2. The fourth-order valence-corrected chi connectivity index (χ4v) is 2.36. The molecule has 0 aromatic carbocycles. The van der Waals surface area contributed by atoms with E-state index in [1.807, 2.05) is 6.20 Å². The molecule has 0 radical (unpaired) electrons. The zero-order valence-corrected chi connectivity index (χ0v) is 10.9. The Morgan fingerprint density at radius 2 is 2.06 bits per heavy atom. The smallest absolute Gasteiger partial charge is 0.124 e. The Morgan fingerprint density at radius 3 is 2.65 bits per heavy atom. The molecule has 1 aromatic rings. The van der Waals surface area contributed by atoms with Gasteiger partial charge in [0.2, 0.25) is 0 Å². The van der Waals surface area contributed by atoms with Crippen LogP contribution in [0.1, 0.15) is 31.5 Å². The van der Waals surface area contributed by atoms with Gasteiger partial charge >= 0.3 is 0 Å². The Kier molecular flexibility index (Phi) is 3.32. The molecule has 0 amide bonds. The zero-order valence-electron chi connectivity index (χ0n) is 10.9. The first-order valence-corrected chi connectivity index (χ1v) is 6.00. The third-order valence-corrected chi connectivity index (χ3v) is 3.17. The monoisotopic (exact) mass is 229 g/mol. The number of hydrogen-bond acceptors (Lipinski definition) is 2. The van der Waals surface area contributed by atoms with E-state index in [-0.39, 0.29) is 0 Å². The Bertz CT molecular complexity index is 468. The zero-order chi connectivity index (χ0) is 12.4. The minimum atomic E-state index is 0.463. The summed E-state index contributed by atoms with van der Waals surface area (Å²) in [7, 11) is 1.73. The lowest BCUT2D eigenvalue weighted by Gasteiger charge is -2.23. The van der Waals surface area contributed by atoms with Crippen LogP contribution in [0.15, 0.2) is 35.7 Å². The van der Waals surface area contributed by atoms with Crippen molar-refractivity contribution in [3.63, 3.8) is 0 Å². The van der Waals surface area contributed by atoms with Crippen LogP contribution < -0.4 is 0 Å². The van der Waals surface area contributed by atoms with Crippen LogP contribution in [-0.4, -0.2) is 12.1 Å². The van der Waals surface area contributed by atoms with E-state index in [0.29, 0.717) is 5.92 Å². The molecule has 1 aromatic heterocycles. The lowest BCUT2D eigenvalue weighted by atomic mass is 9.86. The molecule has 0 bridgehead atoms. The van der Waals surface area contributed by atoms with Crippen molar-refractivity contribution in [3.8, 4) is 0 Å². The molecular formula is C15H19NO. The Balaban J connectivity index is 2.49. The second-order valence-corrected chi connectivity index (χ2v) is 4.80. The highest BCUT2D eigenvalue weighted by Crippen LogP contribution is 2.35. The summed E-state index contributed by atoms with van der Waals surface area (Å²) in [6.07, 6.45) is 5.11. The van der Waals surface area contributed by atoms with E-state index < -0.39 is 0 Å². The van der Waals surface area contributed by atoms with Gasteiger partial charge in [-0.05, 0) is 43.9 Å². The van der Waals surface area contributed by atoms with Crippen molar-refractivity contribution in [1.82, 2.24) is 4.98 Å². The van der Waals surface area contributed by atoms with Gasteiger partial charge < -0.3 is 4.74 Å². The van der Waals surface area contributed by atoms with E-state index in [2.05, 4.69) is 44.0 Å². The quantitative estimate of drug-likeness (QED) is 0.770. The van der Waals surface area contributed by atoms with E-state index in [1.165, 1.54) is 16.7 Å². The number of aromatic nitrogens is 1. The molecule has 0 N–H and O–H groups in total. The van der Waals surface area contributed by atoms with Gasteiger partial charge in [0.25, 0.3) is 0 Å². The topological polar surface area (TPSA) is 22.1 Å². The van der Waals surface area contributed by atoms with Crippen LogP contribution in [0.5, 0.6) is 0 Å². The number of hydrogen-bond donors (Lipinski definition) is 0. The first-order valence-electron chi connectivity index (χ1n) is 6.00. The van der Waals surface area contributed by atoms with Gasteiger partial charge in [0, 0.05) is 11.8 Å². The number of allylic oxidation sites excluding steroid dienone is 3. The predicted molar refractivity (Wildman–Crippen MR) is 70.4 cm³/mol. The maximum Gasteiger partial charge on any atom is 0.124 e. The number of pyridine rings is 1. The molecule has 1 aliphatic carbocycles. The summed E-state index contributed by atoms with van der Waals surface area (Å²) in [5.41, 5.74) is 4.80. The second kappa shape index (κ2) is 4.74. The molecular weight excluding hydrogens is 210 g/mol. The van der Waals surface area contributed by atoms with Crippen LogP contribution in [0.2, 0.25) is 0 Å². The van der Waals surface area contributed by atoms with Crippen LogP contribution >= 0.6 is 0 Å². The molecule has 2 rings (SSSR count). The third kappa shape index (κ3) is 2.41. The highest BCUT2D eigenvalue weighted by atomic mass is 16.5. The molecule has 0 saturated carbocycles. The first kappa shape index (κ1) is 11.9. The van der Waals surface area contributed by atoms with Crippen LogP contribution in [0, 0.1) is 12.8 Å². The fourth-order valence-electron chi connectivity index (χ4n) is 2.36. The van der Waals surface area contributed by atoms with Crippen LogP contribution in [-0.2, 0) is 4.74 Å². The molecule has 2 nitrogen and oxygen atoms in total. The van der Waals surface area contributed by atoms with Gasteiger partial charge in [-0.2, -0.15) is 0 Å². The van der Waals surface area contributed by atoms with Crippen molar-refractivity contribution in [3.05, 3.63) is 47.0 Å². The van der Waals surface area contributed by atoms with Gasteiger partial charge in [0.15, 0.2) is 0 Å². The van der Waals surface area contributed by atoms with Crippen LogP contribution in [0.3, 0.4) is 0 Å². The van der Waals surface area contributed by atoms with E-state index in [4.69, 9.17) is 4.74 Å². The van der Waals surface area contributed by atoms with E-state index in [0.717, 1.165) is 17.9 Å². The fraction of sp³-hybridized carbons (Fsp3) is 0.400. The van der Waals surface area contributed by atoms with Gasteiger partial charge in [-0.3, -0.25) is 4.98 Å². The van der Waals surface area contributed by atoms with Crippen molar-refractivity contribution >= 4 is 5.57 Å². The number of methoxy groups -OCH3 is 1. The summed E-state index contributed by atoms with van der Waals surface area (Å²) in [5.74, 6) is 1.42. The number of ether oxygens (including phenoxy) is 1. The maximum atomic E-state index is 5.49. The molecule has 2 heteroatoms. The molecule has 1 atom stereocenters. The molecule has 1 aliphatic rings. The standard InChI is InChI=1S/C15H19NO/c1-10-5-6-13(16-9-10)15-12(3)7-11(2)8-14(15)17-4/h5-6,8-9,12H,7H2,1-4H3. The van der Waals surface area contributed by atoms with Gasteiger partial charge in [-0.25, -0.2) is 0 Å².